The minimum atomic E-state index is -0.101. The van der Waals surface area contributed by atoms with Gasteiger partial charge < -0.3 is 4.90 Å². The molecule has 0 radical (unpaired) electrons. The van der Waals surface area contributed by atoms with Crippen molar-refractivity contribution in [2.45, 2.75) is 40.2 Å². The van der Waals surface area contributed by atoms with Gasteiger partial charge in [-0.1, -0.05) is 6.92 Å². The number of aromatic nitrogens is 4. The molecule has 0 aliphatic carbocycles. The lowest BCUT2D eigenvalue weighted by atomic mass is 10.1. The third-order valence-corrected chi connectivity index (χ3v) is 6.20. The highest BCUT2D eigenvalue weighted by Crippen LogP contribution is 2.31. The Morgan fingerprint density at radius 2 is 1.88 bits per heavy atom. The number of hydrogen-bond acceptors (Lipinski definition) is 7. The maximum Gasteiger partial charge on any atom is 0.266 e. The van der Waals surface area contributed by atoms with Crippen LogP contribution in [0.15, 0.2) is 18.5 Å². The summed E-state index contributed by atoms with van der Waals surface area (Å²) >= 11 is 3.01. The van der Waals surface area contributed by atoms with Gasteiger partial charge in [-0.2, -0.15) is 0 Å². The van der Waals surface area contributed by atoms with Gasteiger partial charge in [-0.15, -0.1) is 22.7 Å². The van der Waals surface area contributed by atoms with E-state index in [0.717, 1.165) is 21.3 Å². The van der Waals surface area contributed by atoms with Crippen LogP contribution in [0.3, 0.4) is 0 Å². The average molecular weight is 388 g/mol. The zero-order valence-corrected chi connectivity index (χ0v) is 17.1. The minimum Gasteiger partial charge on any atom is -0.333 e. The Kier molecular flexibility index (Phi) is 5.43. The lowest BCUT2D eigenvalue weighted by molar-refractivity contribution is 0.0743. The fraction of sp³-hybridized carbons (Fsp3) is 0.389. The first-order chi connectivity index (χ1) is 12.4. The lowest BCUT2D eigenvalue weighted by Crippen LogP contribution is -2.30. The van der Waals surface area contributed by atoms with Crippen LogP contribution in [-0.2, 0) is 6.42 Å². The van der Waals surface area contributed by atoms with Crippen LogP contribution in [0, 0.1) is 13.8 Å². The molecule has 0 aliphatic heterocycles. The Labute approximate surface area is 161 Å². The molecule has 0 fully saturated rings. The van der Waals surface area contributed by atoms with Gasteiger partial charge in [0.2, 0.25) is 0 Å². The molecule has 8 heteroatoms. The second kappa shape index (κ2) is 7.59. The van der Waals surface area contributed by atoms with Crippen molar-refractivity contribution in [2.75, 3.05) is 7.05 Å². The largest absolute Gasteiger partial charge is 0.333 e. The molecule has 1 amide bonds. The predicted molar refractivity (Wildman–Crippen MR) is 105 cm³/mol. The van der Waals surface area contributed by atoms with Crippen LogP contribution in [0.2, 0.25) is 0 Å². The number of rotatable bonds is 5. The summed E-state index contributed by atoms with van der Waals surface area (Å²) in [5.41, 5.74) is 1.74. The molecule has 1 atom stereocenters. The van der Waals surface area contributed by atoms with Crippen molar-refractivity contribution < 1.29 is 4.79 Å². The lowest BCUT2D eigenvalue weighted by Gasteiger charge is -2.24. The van der Waals surface area contributed by atoms with Crippen molar-refractivity contribution in [2.24, 2.45) is 0 Å². The van der Waals surface area contributed by atoms with Crippen LogP contribution in [0.4, 0.5) is 0 Å². The monoisotopic (exact) mass is 387 g/mol. The number of thiazole rings is 2. The van der Waals surface area contributed by atoms with E-state index in [0.29, 0.717) is 22.1 Å². The highest BCUT2D eigenvalue weighted by atomic mass is 32.1. The van der Waals surface area contributed by atoms with Crippen LogP contribution in [0.5, 0.6) is 0 Å². The molecule has 3 rings (SSSR count). The topological polar surface area (TPSA) is 71.9 Å². The summed E-state index contributed by atoms with van der Waals surface area (Å²) in [6.45, 7) is 8.04. The molecule has 136 valence electrons. The molecule has 0 N–H and O–H groups in total. The molecule has 3 aromatic rings. The summed E-state index contributed by atoms with van der Waals surface area (Å²) < 4.78 is 0. The molecule has 6 nitrogen and oxygen atoms in total. The molecule has 0 spiro atoms. The van der Waals surface area contributed by atoms with Gasteiger partial charge >= 0.3 is 0 Å². The standard InChI is InChI=1S/C18H21N5OS2/c1-6-13-15(26-17(22-13)16-19-8-7-9-20-16)18(24)23(5)10(2)14-11(3)25-12(4)21-14/h7-10H,6H2,1-5H3. The highest BCUT2D eigenvalue weighted by molar-refractivity contribution is 7.17. The van der Waals surface area contributed by atoms with Crippen molar-refractivity contribution in [1.82, 2.24) is 24.8 Å². The summed E-state index contributed by atoms with van der Waals surface area (Å²) in [4.78, 5) is 34.3. The fourth-order valence-electron chi connectivity index (χ4n) is 2.72. The van der Waals surface area contributed by atoms with Gasteiger partial charge in [-0.25, -0.2) is 19.9 Å². The van der Waals surface area contributed by atoms with Crippen LogP contribution in [0.1, 0.15) is 50.8 Å². The molecule has 0 saturated heterocycles. The summed E-state index contributed by atoms with van der Waals surface area (Å²) in [5, 5.41) is 1.69. The summed E-state index contributed by atoms with van der Waals surface area (Å²) in [6.07, 6.45) is 4.04. The van der Waals surface area contributed by atoms with Crippen molar-refractivity contribution in [3.05, 3.63) is 44.6 Å². The summed E-state index contributed by atoms with van der Waals surface area (Å²) in [5.74, 6) is 0.506. The van der Waals surface area contributed by atoms with Gasteiger partial charge in [-0.05, 0) is 33.3 Å². The van der Waals surface area contributed by atoms with E-state index in [1.807, 2.05) is 34.7 Å². The zero-order valence-electron chi connectivity index (χ0n) is 15.5. The Balaban J connectivity index is 1.91. The van der Waals surface area contributed by atoms with E-state index >= 15 is 0 Å². The molecule has 0 saturated carbocycles. The summed E-state index contributed by atoms with van der Waals surface area (Å²) in [7, 11) is 1.82. The normalized spacial score (nSPS) is 12.2. The van der Waals surface area contributed by atoms with Gasteiger partial charge in [0.1, 0.15) is 4.88 Å². The number of nitrogens with zero attached hydrogens (tertiary/aromatic N) is 5. The SMILES string of the molecule is CCc1nc(-c2ncccn2)sc1C(=O)N(C)C(C)c1nc(C)sc1C. The smallest absolute Gasteiger partial charge is 0.266 e. The van der Waals surface area contributed by atoms with Crippen molar-refractivity contribution in [3.8, 4) is 10.8 Å². The van der Waals surface area contributed by atoms with Gasteiger partial charge in [0.15, 0.2) is 10.8 Å². The van der Waals surface area contributed by atoms with Gasteiger partial charge in [0.25, 0.3) is 5.91 Å². The molecule has 0 aromatic carbocycles. The second-order valence-electron chi connectivity index (χ2n) is 5.99. The van der Waals surface area contributed by atoms with Gasteiger partial charge in [0, 0.05) is 24.3 Å². The highest BCUT2D eigenvalue weighted by Gasteiger charge is 2.27. The fourth-order valence-corrected chi connectivity index (χ4v) is 4.71. The van der Waals surface area contributed by atoms with Gasteiger partial charge in [0.05, 0.1) is 22.4 Å². The van der Waals surface area contributed by atoms with E-state index in [1.54, 1.807) is 34.7 Å². The third-order valence-electron chi connectivity index (χ3n) is 4.22. The first-order valence-corrected chi connectivity index (χ1v) is 10.0. The zero-order chi connectivity index (χ0) is 18.8. The van der Waals surface area contributed by atoms with E-state index in [9.17, 15) is 4.79 Å². The second-order valence-corrected chi connectivity index (χ2v) is 8.39. The molecular formula is C18H21N5OS2. The Morgan fingerprint density at radius 3 is 2.46 bits per heavy atom. The Morgan fingerprint density at radius 1 is 1.19 bits per heavy atom. The number of carbonyl (C=O) groups excluding carboxylic acids is 1. The third kappa shape index (κ3) is 3.52. The molecular weight excluding hydrogens is 366 g/mol. The first kappa shape index (κ1) is 18.6. The maximum atomic E-state index is 13.1. The molecule has 26 heavy (non-hydrogen) atoms. The van der Waals surface area contributed by atoms with E-state index in [-0.39, 0.29) is 11.9 Å². The quantitative estimate of drug-likeness (QED) is 0.660. The number of hydrogen-bond donors (Lipinski definition) is 0. The predicted octanol–water partition coefficient (Wildman–Crippen LogP) is 4.07. The van der Waals surface area contributed by atoms with Gasteiger partial charge in [-0.3, -0.25) is 4.79 Å². The summed E-state index contributed by atoms with van der Waals surface area (Å²) in [6, 6.07) is 1.66. The van der Waals surface area contributed by atoms with Crippen molar-refractivity contribution in [3.63, 3.8) is 0 Å². The Hall–Kier alpha value is -2.19. The molecule has 3 aromatic heterocycles. The molecule has 3 heterocycles. The average Bonchev–Trinajstić information content (AvgIpc) is 3.23. The molecule has 0 aliphatic rings. The maximum absolute atomic E-state index is 13.1. The minimum absolute atomic E-state index is 0.0425. The van der Waals surface area contributed by atoms with Crippen molar-refractivity contribution >= 4 is 28.6 Å². The van der Waals surface area contributed by atoms with Crippen LogP contribution in [-0.4, -0.2) is 37.8 Å². The number of carbonyl (C=O) groups is 1. The number of aryl methyl sites for hydroxylation is 3. The molecule has 1 unspecified atom stereocenters. The van der Waals surface area contributed by atoms with E-state index < -0.39 is 0 Å². The van der Waals surface area contributed by atoms with E-state index in [2.05, 4.69) is 19.9 Å². The first-order valence-electron chi connectivity index (χ1n) is 8.40. The number of amides is 1. The molecule has 0 bridgehead atoms. The van der Waals surface area contributed by atoms with Crippen LogP contribution < -0.4 is 0 Å². The van der Waals surface area contributed by atoms with E-state index in [4.69, 9.17) is 0 Å². The Bertz CT molecular complexity index is 919. The van der Waals surface area contributed by atoms with Crippen molar-refractivity contribution in [1.29, 1.82) is 0 Å². The van der Waals surface area contributed by atoms with Crippen LogP contribution in [0.25, 0.3) is 10.8 Å². The van der Waals surface area contributed by atoms with E-state index in [1.165, 1.54) is 11.3 Å². The van der Waals surface area contributed by atoms with Crippen LogP contribution >= 0.6 is 22.7 Å².